The summed E-state index contributed by atoms with van der Waals surface area (Å²) in [6.07, 6.45) is 2.62. The number of hydrogen-bond acceptors (Lipinski definition) is 3. The fourth-order valence-corrected chi connectivity index (χ4v) is 3.71. The zero-order valence-electron chi connectivity index (χ0n) is 16.0. The number of carbonyl (C=O) groups excluding carboxylic acids is 2. The van der Waals surface area contributed by atoms with Crippen LogP contribution in [0.3, 0.4) is 0 Å². The first-order valence-electron chi connectivity index (χ1n) is 9.71. The highest BCUT2D eigenvalue weighted by molar-refractivity contribution is 5.78. The van der Waals surface area contributed by atoms with E-state index >= 15 is 0 Å². The first-order valence-corrected chi connectivity index (χ1v) is 9.71. The number of piperidine rings is 1. The van der Waals surface area contributed by atoms with Crippen molar-refractivity contribution in [3.8, 4) is 0 Å². The number of likely N-dealkylation sites (tertiary alicyclic amines) is 1. The molecule has 1 aromatic heterocycles. The second kappa shape index (κ2) is 7.94. The topological polar surface area (TPSA) is 58.4 Å². The van der Waals surface area contributed by atoms with E-state index in [4.69, 9.17) is 0 Å². The van der Waals surface area contributed by atoms with Gasteiger partial charge >= 0.3 is 0 Å². The maximum absolute atomic E-state index is 13.3. The van der Waals surface area contributed by atoms with Crippen LogP contribution in [-0.2, 0) is 16.1 Å². The van der Waals surface area contributed by atoms with Gasteiger partial charge in [0.05, 0.1) is 24.7 Å². The van der Waals surface area contributed by atoms with Crippen molar-refractivity contribution < 1.29 is 18.4 Å². The molecule has 2 aliphatic heterocycles. The quantitative estimate of drug-likeness (QED) is 0.787. The van der Waals surface area contributed by atoms with Gasteiger partial charge in [0.15, 0.2) is 0 Å². The minimum atomic E-state index is -2.67. The summed E-state index contributed by atoms with van der Waals surface area (Å²) in [6.45, 7) is 5.27. The number of carbonyl (C=O) groups is 2. The number of aromatic nitrogens is 2. The van der Waals surface area contributed by atoms with E-state index in [0.29, 0.717) is 25.4 Å². The SMILES string of the molecule is CC(C)CCC(=O)N1Cc2ccnn2[C@H](CC(=O)N2CCC(F)(F)CC2)C1. The van der Waals surface area contributed by atoms with E-state index in [2.05, 4.69) is 18.9 Å². The first-order chi connectivity index (χ1) is 12.7. The van der Waals surface area contributed by atoms with Crippen molar-refractivity contribution >= 4 is 11.8 Å². The first kappa shape index (κ1) is 19.8. The van der Waals surface area contributed by atoms with Crippen LogP contribution in [0.25, 0.3) is 0 Å². The van der Waals surface area contributed by atoms with Gasteiger partial charge in [-0.3, -0.25) is 14.3 Å². The van der Waals surface area contributed by atoms with Crippen LogP contribution in [0.5, 0.6) is 0 Å². The molecule has 0 bridgehead atoms. The van der Waals surface area contributed by atoms with Crippen molar-refractivity contribution in [2.24, 2.45) is 5.92 Å². The average molecular weight is 382 g/mol. The van der Waals surface area contributed by atoms with Crippen molar-refractivity contribution in [3.63, 3.8) is 0 Å². The zero-order chi connectivity index (χ0) is 19.6. The Morgan fingerprint density at radius 2 is 1.93 bits per heavy atom. The minimum absolute atomic E-state index is 0.0849. The van der Waals surface area contributed by atoms with Crippen molar-refractivity contribution in [3.05, 3.63) is 18.0 Å². The molecule has 1 saturated heterocycles. The van der Waals surface area contributed by atoms with Gasteiger partial charge in [-0.1, -0.05) is 13.8 Å². The Morgan fingerprint density at radius 1 is 1.22 bits per heavy atom. The van der Waals surface area contributed by atoms with Gasteiger partial charge in [0.25, 0.3) is 5.92 Å². The number of halogens is 2. The summed E-state index contributed by atoms with van der Waals surface area (Å²) in [7, 11) is 0. The fourth-order valence-electron chi connectivity index (χ4n) is 3.71. The summed E-state index contributed by atoms with van der Waals surface area (Å²) >= 11 is 0. The molecule has 0 radical (unpaired) electrons. The van der Waals surface area contributed by atoms with Crippen LogP contribution < -0.4 is 0 Å². The molecule has 2 aliphatic rings. The van der Waals surface area contributed by atoms with Gasteiger partial charge in [-0.05, 0) is 18.4 Å². The van der Waals surface area contributed by atoms with Gasteiger partial charge in [0.1, 0.15) is 0 Å². The Bertz CT molecular complexity index is 679. The molecule has 8 heteroatoms. The number of fused-ring (bicyclic) bond motifs is 1. The summed E-state index contributed by atoms with van der Waals surface area (Å²) in [6, 6.07) is 1.61. The summed E-state index contributed by atoms with van der Waals surface area (Å²) in [5.41, 5.74) is 0.905. The van der Waals surface area contributed by atoms with Crippen molar-refractivity contribution in [1.82, 2.24) is 19.6 Å². The number of alkyl halides is 2. The third-order valence-electron chi connectivity index (χ3n) is 5.43. The predicted molar refractivity (Wildman–Crippen MR) is 96.1 cm³/mol. The molecule has 0 unspecified atom stereocenters. The van der Waals surface area contributed by atoms with Crippen molar-refractivity contribution in [2.45, 2.75) is 64.5 Å². The molecule has 3 heterocycles. The Labute approximate surface area is 158 Å². The summed E-state index contributed by atoms with van der Waals surface area (Å²) < 4.78 is 28.5. The largest absolute Gasteiger partial charge is 0.342 e. The zero-order valence-corrected chi connectivity index (χ0v) is 16.0. The molecule has 0 aromatic carbocycles. The molecule has 1 fully saturated rings. The molecule has 6 nitrogen and oxygen atoms in total. The smallest absolute Gasteiger partial charge is 0.251 e. The van der Waals surface area contributed by atoms with Gasteiger partial charge in [0.2, 0.25) is 11.8 Å². The molecular weight excluding hydrogens is 354 g/mol. The molecule has 1 aromatic rings. The Balaban J connectivity index is 1.64. The van der Waals surface area contributed by atoms with E-state index in [9.17, 15) is 18.4 Å². The molecule has 27 heavy (non-hydrogen) atoms. The van der Waals surface area contributed by atoms with Crippen LogP contribution in [0.4, 0.5) is 8.78 Å². The van der Waals surface area contributed by atoms with E-state index in [0.717, 1.165) is 12.1 Å². The van der Waals surface area contributed by atoms with E-state index in [-0.39, 0.29) is 50.2 Å². The standard InChI is InChI=1S/C19H28F2N4O2/c1-14(2)3-4-17(26)24-12-15-5-8-22-25(15)16(13-24)11-18(27)23-9-6-19(20,21)7-10-23/h5,8,14,16H,3-4,6-7,9-13H2,1-2H3/t16-/m1/s1. The van der Waals surface area contributed by atoms with Crippen LogP contribution in [0.2, 0.25) is 0 Å². The molecule has 0 spiro atoms. The maximum Gasteiger partial charge on any atom is 0.251 e. The lowest BCUT2D eigenvalue weighted by atomic mass is 10.0. The lowest BCUT2D eigenvalue weighted by Gasteiger charge is -2.36. The predicted octanol–water partition coefficient (Wildman–Crippen LogP) is 2.85. The summed E-state index contributed by atoms with van der Waals surface area (Å²) in [5.74, 6) is -2.27. The number of nitrogens with zero attached hydrogens (tertiary/aromatic N) is 4. The normalized spacial score (nSPS) is 22.0. The van der Waals surface area contributed by atoms with Crippen molar-refractivity contribution in [2.75, 3.05) is 19.6 Å². The average Bonchev–Trinajstić information content (AvgIpc) is 3.08. The van der Waals surface area contributed by atoms with Gasteiger partial charge in [-0.15, -0.1) is 0 Å². The fraction of sp³-hybridized carbons (Fsp3) is 0.737. The highest BCUT2D eigenvalue weighted by Gasteiger charge is 2.37. The van der Waals surface area contributed by atoms with Crippen LogP contribution in [0, 0.1) is 5.92 Å². The van der Waals surface area contributed by atoms with Crippen LogP contribution in [0.15, 0.2) is 12.3 Å². The highest BCUT2D eigenvalue weighted by Crippen LogP contribution is 2.29. The van der Waals surface area contributed by atoms with Crippen LogP contribution in [0.1, 0.15) is 57.7 Å². The van der Waals surface area contributed by atoms with Gasteiger partial charge in [-0.2, -0.15) is 5.10 Å². The molecule has 3 rings (SSSR count). The maximum atomic E-state index is 13.3. The van der Waals surface area contributed by atoms with Crippen molar-refractivity contribution in [1.29, 1.82) is 0 Å². The Morgan fingerprint density at radius 3 is 2.59 bits per heavy atom. The van der Waals surface area contributed by atoms with E-state index in [1.165, 1.54) is 4.90 Å². The van der Waals surface area contributed by atoms with E-state index in [1.807, 2.05) is 10.7 Å². The second-order valence-corrected chi connectivity index (χ2v) is 8.07. The molecule has 0 aliphatic carbocycles. The highest BCUT2D eigenvalue weighted by atomic mass is 19.3. The third kappa shape index (κ3) is 4.84. The number of rotatable bonds is 5. The van der Waals surface area contributed by atoms with Gasteiger partial charge < -0.3 is 9.80 Å². The monoisotopic (exact) mass is 382 g/mol. The minimum Gasteiger partial charge on any atom is -0.342 e. The van der Waals surface area contributed by atoms with Gasteiger partial charge in [0, 0.05) is 45.1 Å². The summed E-state index contributed by atoms with van der Waals surface area (Å²) in [5, 5.41) is 4.32. The van der Waals surface area contributed by atoms with E-state index < -0.39 is 5.92 Å². The molecule has 1 atom stereocenters. The van der Waals surface area contributed by atoms with Crippen LogP contribution >= 0.6 is 0 Å². The molecule has 2 amide bonds. The number of amides is 2. The molecule has 0 saturated carbocycles. The lowest BCUT2D eigenvalue weighted by Crippen LogP contribution is -2.46. The van der Waals surface area contributed by atoms with Crippen LogP contribution in [-0.4, -0.2) is 57.0 Å². The van der Waals surface area contributed by atoms with Gasteiger partial charge in [-0.25, -0.2) is 8.78 Å². The Kier molecular flexibility index (Phi) is 5.81. The molecular formula is C19H28F2N4O2. The van der Waals surface area contributed by atoms with E-state index in [1.54, 1.807) is 11.1 Å². The molecule has 0 N–H and O–H groups in total. The Hall–Kier alpha value is -1.99. The third-order valence-corrected chi connectivity index (χ3v) is 5.43. The number of hydrogen-bond donors (Lipinski definition) is 0. The second-order valence-electron chi connectivity index (χ2n) is 8.07. The summed E-state index contributed by atoms with van der Waals surface area (Å²) in [4.78, 5) is 28.5. The lowest BCUT2D eigenvalue weighted by molar-refractivity contribution is -0.140. The molecule has 150 valence electrons.